The average molecular weight is 322 g/mol. The van der Waals surface area contributed by atoms with Crippen LogP contribution in [0.1, 0.15) is 28.8 Å². The van der Waals surface area contributed by atoms with Crippen LogP contribution in [-0.4, -0.2) is 20.1 Å². The Bertz CT molecular complexity index is 780. The number of nitrogens with one attached hydrogen (secondary N) is 1. The van der Waals surface area contributed by atoms with Crippen LogP contribution >= 0.6 is 0 Å². The van der Waals surface area contributed by atoms with Crippen molar-refractivity contribution in [3.63, 3.8) is 0 Å². The second-order valence-corrected chi connectivity index (χ2v) is 5.83. The molecule has 1 saturated carbocycles. The van der Waals surface area contributed by atoms with Crippen molar-refractivity contribution in [2.45, 2.75) is 18.3 Å². The van der Waals surface area contributed by atoms with Gasteiger partial charge in [0.15, 0.2) is 0 Å². The molecule has 24 heavy (non-hydrogen) atoms. The molecular formula is C19H18N2O3. The zero-order chi connectivity index (χ0) is 17.2. The van der Waals surface area contributed by atoms with Crippen molar-refractivity contribution in [3.8, 4) is 17.6 Å². The molecule has 2 aromatic rings. The first-order valence-corrected chi connectivity index (χ1v) is 7.66. The maximum absolute atomic E-state index is 12.4. The van der Waals surface area contributed by atoms with Gasteiger partial charge in [-0.15, -0.1) is 0 Å². The average Bonchev–Trinajstić information content (AvgIpc) is 3.43. The monoisotopic (exact) mass is 322 g/mol. The van der Waals surface area contributed by atoms with Crippen LogP contribution < -0.4 is 14.8 Å². The molecule has 122 valence electrons. The van der Waals surface area contributed by atoms with Crippen LogP contribution in [0.5, 0.6) is 11.5 Å². The molecule has 0 heterocycles. The van der Waals surface area contributed by atoms with E-state index in [4.69, 9.17) is 9.47 Å². The summed E-state index contributed by atoms with van der Waals surface area (Å²) >= 11 is 0. The van der Waals surface area contributed by atoms with E-state index < -0.39 is 0 Å². The van der Waals surface area contributed by atoms with Crippen molar-refractivity contribution in [1.29, 1.82) is 5.26 Å². The lowest BCUT2D eigenvalue weighted by Gasteiger charge is -2.11. The summed E-state index contributed by atoms with van der Waals surface area (Å²) in [5.41, 5.74) is 1.82. The highest BCUT2D eigenvalue weighted by atomic mass is 16.5. The standard InChI is InChI=1S/C19H18N2O3/c1-23-16-9-13(10-17(11-16)24-2)18(22)21-15-5-3-14(4-6-15)19(12-20)7-8-19/h3-6,9-11H,7-8H2,1-2H3,(H,21,22). The van der Waals surface area contributed by atoms with Gasteiger partial charge in [0.25, 0.3) is 5.91 Å². The first kappa shape index (κ1) is 15.9. The number of anilines is 1. The van der Waals surface area contributed by atoms with Crippen molar-refractivity contribution >= 4 is 11.6 Å². The van der Waals surface area contributed by atoms with Crippen LogP contribution in [0, 0.1) is 11.3 Å². The SMILES string of the molecule is COc1cc(OC)cc(C(=O)Nc2ccc(C3(C#N)CC3)cc2)c1. The molecule has 5 nitrogen and oxygen atoms in total. The van der Waals surface area contributed by atoms with E-state index in [0.717, 1.165) is 18.4 Å². The van der Waals surface area contributed by atoms with E-state index in [1.807, 2.05) is 24.3 Å². The molecule has 0 aliphatic heterocycles. The van der Waals surface area contributed by atoms with Gasteiger partial charge >= 0.3 is 0 Å². The lowest BCUT2D eigenvalue weighted by atomic mass is 9.97. The van der Waals surface area contributed by atoms with Crippen LogP contribution in [0.15, 0.2) is 42.5 Å². The summed E-state index contributed by atoms with van der Waals surface area (Å²) in [5.74, 6) is 0.862. The highest BCUT2D eigenvalue weighted by Crippen LogP contribution is 2.47. The Morgan fingerprint density at radius 1 is 1.08 bits per heavy atom. The fraction of sp³-hybridized carbons (Fsp3) is 0.263. The Morgan fingerprint density at radius 2 is 1.67 bits per heavy atom. The Balaban J connectivity index is 1.76. The number of rotatable bonds is 5. The summed E-state index contributed by atoms with van der Waals surface area (Å²) in [7, 11) is 3.08. The zero-order valence-electron chi connectivity index (χ0n) is 13.6. The second kappa shape index (κ2) is 6.25. The van der Waals surface area contributed by atoms with E-state index >= 15 is 0 Å². The van der Waals surface area contributed by atoms with Gasteiger partial charge in [0, 0.05) is 17.3 Å². The van der Waals surface area contributed by atoms with Crippen LogP contribution in [0.4, 0.5) is 5.69 Å². The van der Waals surface area contributed by atoms with Crippen molar-refractivity contribution in [3.05, 3.63) is 53.6 Å². The minimum atomic E-state index is -0.317. The summed E-state index contributed by atoms with van der Waals surface area (Å²) in [4.78, 5) is 12.4. The molecule has 0 atom stereocenters. The maximum atomic E-state index is 12.4. The number of carbonyl (C=O) groups excluding carboxylic acids is 1. The van der Waals surface area contributed by atoms with Crippen LogP contribution in [0.25, 0.3) is 0 Å². The molecule has 0 saturated heterocycles. The largest absolute Gasteiger partial charge is 0.497 e. The molecule has 1 fully saturated rings. The number of methoxy groups -OCH3 is 2. The van der Waals surface area contributed by atoms with Crippen molar-refractivity contribution < 1.29 is 14.3 Å². The van der Waals surface area contributed by atoms with Crippen LogP contribution in [0.2, 0.25) is 0 Å². The van der Waals surface area contributed by atoms with Gasteiger partial charge in [-0.25, -0.2) is 0 Å². The quantitative estimate of drug-likeness (QED) is 0.914. The predicted molar refractivity (Wildman–Crippen MR) is 90.5 cm³/mol. The molecule has 1 amide bonds. The molecule has 5 heteroatoms. The van der Waals surface area contributed by atoms with E-state index in [-0.39, 0.29) is 11.3 Å². The fourth-order valence-corrected chi connectivity index (χ4v) is 2.60. The molecule has 1 aliphatic rings. The molecule has 0 radical (unpaired) electrons. The first-order chi connectivity index (χ1) is 11.6. The number of hydrogen-bond donors (Lipinski definition) is 1. The lowest BCUT2D eigenvalue weighted by molar-refractivity contribution is 0.102. The van der Waals surface area contributed by atoms with Gasteiger partial charge < -0.3 is 14.8 Å². The third kappa shape index (κ3) is 3.04. The van der Waals surface area contributed by atoms with Gasteiger partial charge in [0.2, 0.25) is 0 Å². The third-order valence-electron chi connectivity index (χ3n) is 4.27. The third-order valence-corrected chi connectivity index (χ3v) is 4.27. The van der Waals surface area contributed by atoms with Gasteiger partial charge in [-0.2, -0.15) is 5.26 Å². The van der Waals surface area contributed by atoms with Gasteiger partial charge in [-0.1, -0.05) is 12.1 Å². The Hall–Kier alpha value is -3.00. The Labute approximate surface area is 140 Å². The fourth-order valence-electron chi connectivity index (χ4n) is 2.60. The van der Waals surface area contributed by atoms with E-state index in [1.54, 1.807) is 18.2 Å². The summed E-state index contributed by atoms with van der Waals surface area (Å²) in [6.07, 6.45) is 1.80. The topological polar surface area (TPSA) is 71.3 Å². The molecule has 2 aromatic carbocycles. The summed E-state index contributed by atoms with van der Waals surface area (Å²) in [5, 5.41) is 12.1. The van der Waals surface area contributed by atoms with Crippen molar-refractivity contribution in [1.82, 2.24) is 0 Å². The summed E-state index contributed by atoms with van der Waals surface area (Å²) in [6, 6.07) is 14.8. The Morgan fingerprint density at radius 3 is 2.12 bits per heavy atom. The van der Waals surface area contributed by atoms with Crippen molar-refractivity contribution in [2.24, 2.45) is 0 Å². The number of nitrogens with zero attached hydrogens (tertiary/aromatic N) is 1. The number of carbonyl (C=O) groups is 1. The van der Waals surface area contributed by atoms with Crippen LogP contribution in [-0.2, 0) is 5.41 Å². The number of amides is 1. The minimum absolute atomic E-state index is 0.249. The normalized spacial score (nSPS) is 14.4. The van der Waals surface area contributed by atoms with E-state index in [0.29, 0.717) is 22.7 Å². The highest BCUT2D eigenvalue weighted by Gasteiger charge is 2.44. The number of nitriles is 1. The first-order valence-electron chi connectivity index (χ1n) is 7.66. The predicted octanol–water partition coefficient (Wildman–Crippen LogP) is 3.51. The molecule has 1 N–H and O–H groups in total. The lowest BCUT2D eigenvalue weighted by Crippen LogP contribution is -2.12. The number of hydrogen-bond acceptors (Lipinski definition) is 4. The van der Waals surface area contributed by atoms with E-state index in [9.17, 15) is 10.1 Å². The molecule has 0 spiro atoms. The number of ether oxygens (including phenoxy) is 2. The van der Waals surface area contributed by atoms with Crippen LogP contribution in [0.3, 0.4) is 0 Å². The smallest absolute Gasteiger partial charge is 0.255 e. The highest BCUT2D eigenvalue weighted by molar-refractivity contribution is 6.04. The minimum Gasteiger partial charge on any atom is -0.497 e. The summed E-state index contributed by atoms with van der Waals surface area (Å²) < 4.78 is 10.4. The molecule has 0 bridgehead atoms. The van der Waals surface area contributed by atoms with Gasteiger partial charge in [-0.3, -0.25) is 4.79 Å². The molecule has 3 rings (SSSR count). The molecular weight excluding hydrogens is 304 g/mol. The zero-order valence-corrected chi connectivity index (χ0v) is 13.6. The van der Waals surface area contributed by atoms with E-state index in [2.05, 4.69) is 11.4 Å². The van der Waals surface area contributed by atoms with Gasteiger partial charge in [0.1, 0.15) is 11.5 Å². The molecule has 0 aromatic heterocycles. The maximum Gasteiger partial charge on any atom is 0.255 e. The molecule has 1 aliphatic carbocycles. The van der Waals surface area contributed by atoms with E-state index in [1.165, 1.54) is 14.2 Å². The Kier molecular flexibility index (Phi) is 4.13. The number of benzene rings is 2. The summed E-state index contributed by atoms with van der Waals surface area (Å²) in [6.45, 7) is 0. The second-order valence-electron chi connectivity index (χ2n) is 5.83. The van der Waals surface area contributed by atoms with Gasteiger partial charge in [0.05, 0.1) is 25.7 Å². The van der Waals surface area contributed by atoms with Crippen molar-refractivity contribution in [2.75, 3.05) is 19.5 Å². The van der Waals surface area contributed by atoms with Gasteiger partial charge in [-0.05, 0) is 42.7 Å². The molecule has 0 unspecified atom stereocenters.